The van der Waals surface area contributed by atoms with Crippen LogP contribution in [0.15, 0.2) is 358 Å². The fourth-order valence-electron chi connectivity index (χ4n) is 12.2. The second kappa shape index (κ2) is 32.1. The highest BCUT2D eigenvalue weighted by Gasteiger charge is 2.17. The summed E-state index contributed by atoms with van der Waals surface area (Å²) in [5, 5.41) is 7.79. The van der Waals surface area contributed by atoms with Crippen molar-refractivity contribution in [2.45, 2.75) is 19.8 Å². The molecule has 0 fully saturated rings. The van der Waals surface area contributed by atoms with E-state index in [0.29, 0.717) is 0 Å². The van der Waals surface area contributed by atoms with Gasteiger partial charge in [-0.05, 0) is 168 Å². The molecular formula is C89H84N6. The van der Waals surface area contributed by atoms with Crippen LogP contribution in [0.5, 0.6) is 0 Å². The van der Waals surface area contributed by atoms with Gasteiger partial charge in [-0.2, -0.15) is 0 Å². The maximum atomic E-state index is 2.30. The molecule has 6 nitrogen and oxygen atoms in total. The van der Waals surface area contributed by atoms with Gasteiger partial charge >= 0.3 is 0 Å². The van der Waals surface area contributed by atoms with Gasteiger partial charge in [-0.15, -0.1) is 0 Å². The van der Waals surface area contributed by atoms with E-state index in [4.69, 9.17) is 0 Å². The van der Waals surface area contributed by atoms with Crippen LogP contribution >= 0.6 is 0 Å². The molecule has 6 heteroatoms. The molecule has 16 rings (SSSR count). The molecule has 2 heterocycles. The van der Waals surface area contributed by atoms with Gasteiger partial charge in [0.2, 0.25) is 0 Å². The van der Waals surface area contributed by atoms with E-state index in [-0.39, 0.29) is 0 Å². The van der Waals surface area contributed by atoms with Crippen molar-refractivity contribution in [2.75, 3.05) is 59.7 Å². The summed E-state index contributed by atoms with van der Waals surface area (Å²) in [7, 11) is 12.6. The molecule has 0 radical (unpaired) electrons. The SMILES string of the molecule is CN(c1ccccc1)c1ccc2ccccc2c1.CN(c1ccccc1)c1cccc2ccccc12.CN(c1ccccc1)c1ccccc1.CN1c2ccccc2CCc2ccccc21.Cc1cccc(N(C)c2ccccc2)c1.Cn1c2ccccc2c2ccccc21. The Morgan fingerprint density at radius 2 is 0.589 bits per heavy atom. The highest BCUT2D eigenvalue weighted by molar-refractivity contribution is 6.08. The fourth-order valence-corrected chi connectivity index (χ4v) is 12.2. The first-order chi connectivity index (χ1) is 46.6. The predicted molar refractivity (Wildman–Crippen MR) is 412 cm³/mol. The van der Waals surface area contributed by atoms with Crippen LogP contribution < -0.4 is 24.5 Å². The average Bonchev–Trinajstić information content (AvgIpc) is 1.66. The van der Waals surface area contributed by atoms with Gasteiger partial charge in [-0.3, -0.25) is 0 Å². The summed E-state index contributed by atoms with van der Waals surface area (Å²) in [6.07, 6.45) is 2.27. The topological polar surface area (TPSA) is 21.1 Å². The van der Waals surface area contributed by atoms with Gasteiger partial charge in [-0.1, -0.05) is 243 Å². The smallest absolute Gasteiger partial charge is 0.0488 e. The van der Waals surface area contributed by atoms with Crippen LogP contribution in [0, 0.1) is 6.92 Å². The largest absolute Gasteiger partial charge is 0.345 e. The first-order valence-corrected chi connectivity index (χ1v) is 32.6. The van der Waals surface area contributed by atoms with Crippen LogP contribution in [0.25, 0.3) is 43.4 Å². The second-order valence-electron chi connectivity index (χ2n) is 23.7. The van der Waals surface area contributed by atoms with Crippen molar-refractivity contribution in [1.29, 1.82) is 0 Å². The standard InChI is InChI=1S/2C17H15N.C15H15N.C14H15N.C13H11N.C13H13N/c1-18(15-10-3-2-4-11-15)17-13-7-9-14-8-5-6-12-16(14)17;1-18(16-9-3-2-4-10-16)17-12-11-14-7-5-6-8-15(14)13-17;1-16-14-8-4-2-6-12(14)10-11-13-7-3-5-9-15(13)16;1-12-7-6-10-14(11-12)15(2)13-8-4-3-5-9-13;1-14-12-8-4-2-6-10(12)11-7-3-5-9-13(11)14;1-14(12-8-4-2-5-9-12)13-10-6-3-7-11-13/h2*2-13H,1H3;2-9H,10-11H2,1H3;3-11H,1-2H3;2-9H,1H3;2-11H,1H3. The van der Waals surface area contributed by atoms with Gasteiger partial charge in [0.1, 0.15) is 0 Å². The molecule has 0 bridgehead atoms. The van der Waals surface area contributed by atoms with E-state index in [2.05, 4.69) is 406 Å². The molecule has 0 saturated carbocycles. The number of aromatic nitrogens is 1. The Morgan fingerprint density at radius 1 is 0.253 bits per heavy atom. The molecule has 0 aliphatic carbocycles. The van der Waals surface area contributed by atoms with E-state index in [9.17, 15) is 0 Å². The molecule has 0 saturated heterocycles. The molecule has 0 amide bonds. The average molecular weight is 1240 g/mol. The van der Waals surface area contributed by atoms with Crippen LogP contribution in [0.2, 0.25) is 0 Å². The van der Waals surface area contributed by atoms with E-state index in [1.165, 1.54) is 117 Å². The molecular weight excluding hydrogens is 1150 g/mol. The minimum Gasteiger partial charge on any atom is -0.345 e. The van der Waals surface area contributed by atoms with E-state index in [0.717, 1.165) is 12.8 Å². The minimum absolute atomic E-state index is 1.14. The van der Waals surface area contributed by atoms with Gasteiger partial charge < -0.3 is 29.1 Å². The summed E-state index contributed by atoms with van der Waals surface area (Å²) >= 11 is 0. The van der Waals surface area contributed by atoms with Gasteiger partial charge in [0.05, 0.1) is 0 Å². The lowest BCUT2D eigenvalue weighted by Crippen LogP contribution is -2.10. The van der Waals surface area contributed by atoms with Gasteiger partial charge in [0, 0.05) is 126 Å². The Morgan fingerprint density at radius 3 is 1.06 bits per heavy atom. The van der Waals surface area contributed by atoms with Crippen LogP contribution in [0.3, 0.4) is 0 Å². The monoisotopic (exact) mass is 1240 g/mol. The van der Waals surface area contributed by atoms with Crippen LogP contribution in [0.4, 0.5) is 56.9 Å². The van der Waals surface area contributed by atoms with Crippen LogP contribution in [0.1, 0.15) is 16.7 Å². The third-order valence-electron chi connectivity index (χ3n) is 17.5. The van der Waals surface area contributed by atoms with E-state index < -0.39 is 0 Å². The Bertz CT molecular complexity index is 4690. The summed E-state index contributed by atoms with van der Waals surface area (Å²) in [5.74, 6) is 0. The molecule has 0 unspecified atom stereocenters. The molecule has 15 aromatic rings. The van der Waals surface area contributed by atoms with Crippen molar-refractivity contribution in [3.63, 3.8) is 0 Å². The number of anilines is 10. The zero-order chi connectivity index (χ0) is 65.7. The molecule has 14 aromatic carbocycles. The van der Waals surface area contributed by atoms with Crippen LogP contribution in [-0.4, -0.2) is 39.8 Å². The van der Waals surface area contributed by atoms with Crippen molar-refractivity contribution in [3.05, 3.63) is 375 Å². The maximum absolute atomic E-state index is 2.30. The Labute approximate surface area is 562 Å². The number of rotatable bonds is 8. The van der Waals surface area contributed by atoms with Gasteiger partial charge in [0.15, 0.2) is 0 Å². The molecule has 1 aliphatic rings. The minimum atomic E-state index is 1.14. The van der Waals surface area contributed by atoms with Crippen molar-refractivity contribution < 1.29 is 0 Å². The number of para-hydroxylation sites is 9. The van der Waals surface area contributed by atoms with Crippen molar-refractivity contribution >= 4 is 100 Å². The molecule has 1 aliphatic heterocycles. The Hall–Kier alpha value is -11.6. The van der Waals surface area contributed by atoms with Crippen molar-refractivity contribution in [3.8, 4) is 0 Å². The van der Waals surface area contributed by atoms with E-state index in [1.54, 1.807) is 0 Å². The summed E-state index contributed by atoms with van der Waals surface area (Å²) in [6.45, 7) is 2.11. The quantitative estimate of drug-likeness (QED) is 0.151. The second-order valence-corrected chi connectivity index (χ2v) is 23.7. The predicted octanol–water partition coefficient (Wildman–Crippen LogP) is 23.3. The summed E-state index contributed by atoms with van der Waals surface area (Å²) in [6, 6.07) is 125. The lowest BCUT2D eigenvalue weighted by molar-refractivity contribution is 0.977. The van der Waals surface area contributed by atoms with Gasteiger partial charge in [-0.25, -0.2) is 0 Å². The third-order valence-corrected chi connectivity index (χ3v) is 17.5. The van der Waals surface area contributed by atoms with Crippen molar-refractivity contribution in [2.24, 2.45) is 7.05 Å². The molecule has 0 spiro atoms. The molecule has 1 aromatic heterocycles. The highest BCUT2D eigenvalue weighted by atomic mass is 15.1. The lowest BCUT2D eigenvalue weighted by atomic mass is 10.0. The Balaban J connectivity index is 0.000000116. The summed E-state index contributed by atoms with van der Waals surface area (Å²) in [4.78, 5) is 11.1. The maximum Gasteiger partial charge on any atom is 0.0488 e. The summed E-state index contributed by atoms with van der Waals surface area (Å²) < 4.78 is 2.24. The number of aryl methyl sites for hydroxylation is 4. The van der Waals surface area contributed by atoms with E-state index in [1.807, 2.05) is 30.3 Å². The zero-order valence-electron chi connectivity index (χ0n) is 55.7. The lowest BCUT2D eigenvalue weighted by Gasteiger charge is -2.21. The van der Waals surface area contributed by atoms with E-state index >= 15 is 0 Å². The van der Waals surface area contributed by atoms with Gasteiger partial charge in [0.25, 0.3) is 0 Å². The number of nitrogens with zero attached hydrogens (tertiary/aromatic N) is 6. The fraction of sp³-hybridized carbons (Fsp3) is 0.101. The normalized spacial score (nSPS) is 11.0. The number of hydrogen-bond donors (Lipinski definition) is 0. The molecule has 0 atom stereocenters. The molecule has 470 valence electrons. The first-order valence-electron chi connectivity index (χ1n) is 32.6. The van der Waals surface area contributed by atoms with Crippen LogP contribution in [-0.2, 0) is 19.9 Å². The third kappa shape index (κ3) is 16.4. The number of hydrogen-bond acceptors (Lipinski definition) is 5. The number of benzene rings is 14. The number of fused-ring (bicyclic) bond motifs is 7. The highest BCUT2D eigenvalue weighted by Crippen LogP contribution is 2.36. The van der Waals surface area contributed by atoms with Crippen molar-refractivity contribution in [1.82, 2.24) is 4.57 Å². The first kappa shape index (κ1) is 64.9. The molecule has 0 N–H and O–H groups in total. The summed E-state index contributed by atoms with van der Waals surface area (Å²) in [5.41, 5.74) is 19.2. The Kier molecular flexibility index (Phi) is 21.9. The molecule has 95 heavy (non-hydrogen) atoms. The zero-order valence-corrected chi connectivity index (χ0v) is 55.7.